The first kappa shape index (κ1) is 11.7. The number of aromatic nitrogens is 2. The van der Waals surface area contributed by atoms with Crippen LogP contribution < -0.4 is 5.32 Å². The van der Waals surface area contributed by atoms with E-state index in [1.807, 2.05) is 18.3 Å². The van der Waals surface area contributed by atoms with Crippen molar-refractivity contribution >= 4 is 27.9 Å². The highest BCUT2D eigenvalue weighted by atomic mass is 14.9. The number of para-hydroxylation sites is 2. The van der Waals surface area contributed by atoms with Crippen molar-refractivity contribution in [2.45, 2.75) is 6.54 Å². The van der Waals surface area contributed by atoms with Crippen LogP contribution in [0, 0.1) is 0 Å². The molecule has 0 bridgehead atoms. The van der Waals surface area contributed by atoms with Crippen LogP contribution in [-0.4, -0.2) is 9.97 Å². The number of hydrogen-bond donors (Lipinski definition) is 1. The zero-order chi connectivity index (χ0) is 14.5. The molecule has 5 rings (SSSR count). The molecule has 3 heterocycles. The van der Waals surface area contributed by atoms with Crippen molar-refractivity contribution in [3.8, 4) is 11.3 Å². The average Bonchev–Trinajstić information content (AvgIpc) is 2.89. The first-order chi connectivity index (χ1) is 10.9. The van der Waals surface area contributed by atoms with E-state index >= 15 is 0 Å². The van der Waals surface area contributed by atoms with Gasteiger partial charge in [-0.3, -0.25) is 0 Å². The van der Waals surface area contributed by atoms with Gasteiger partial charge in [0, 0.05) is 28.4 Å². The fourth-order valence-corrected chi connectivity index (χ4v) is 3.30. The number of benzene rings is 2. The lowest BCUT2D eigenvalue weighted by molar-refractivity contribution is 0.862. The molecule has 0 amide bonds. The molecule has 0 saturated carbocycles. The number of nitrogens with zero attached hydrogens (tertiary/aromatic N) is 2. The molecule has 0 saturated heterocycles. The van der Waals surface area contributed by atoms with Gasteiger partial charge in [0.2, 0.25) is 0 Å². The Morgan fingerprint density at radius 1 is 0.818 bits per heavy atom. The van der Waals surface area contributed by atoms with Crippen LogP contribution in [0.5, 0.6) is 0 Å². The van der Waals surface area contributed by atoms with E-state index in [1.54, 1.807) is 0 Å². The molecule has 3 nitrogen and oxygen atoms in total. The van der Waals surface area contributed by atoms with E-state index < -0.39 is 0 Å². The van der Waals surface area contributed by atoms with Crippen LogP contribution in [0.4, 0.5) is 0 Å². The highest BCUT2D eigenvalue weighted by Gasteiger charge is 2.22. The number of hydrogen-bond acceptors (Lipinski definition) is 3. The lowest BCUT2D eigenvalue weighted by Crippen LogP contribution is -2.09. The van der Waals surface area contributed by atoms with Crippen molar-refractivity contribution in [3.05, 3.63) is 66.0 Å². The van der Waals surface area contributed by atoms with Crippen LogP contribution in [0.2, 0.25) is 0 Å². The van der Waals surface area contributed by atoms with Crippen molar-refractivity contribution in [1.82, 2.24) is 15.3 Å². The summed E-state index contributed by atoms with van der Waals surface area (Å²) in [5.74, 6) is 0. The maximum absolute atomic E-state index is 4.90. The molecule has 0 radical (unpaired) electrons. The van der Waals surface area contributed by atoms with Gasteiger partial charge in [-0.1, -0.05) is 36.4 Å². The molecular weight excluding hydrogens is 270 g/mol. The molecule has 104 valence electrons. The monoisotopic (exact) mass is 283 g/mol. The summed E-state index contributed by atoms with van der Waals surface area (Å²) in [5, 5.41) is 5.58. The largest absolute Gasteiger partial charge is 0.387 e. The van der Waals surface area contributed by atoms with Crippen LogP contribution >= 0.6 is 0 Å². The molecular formula is C19H13N3. The van der Waals surface area contributed by atoms with E-state index in [-0.39, 0.29) is 0 Å². The summed E-state index contributed by atoms with van der Waals surface area (Å²) in [7, 11) is 0. The third-order valence-electron chi connectivity index (χ3n) is 4.29. The lowest BCUT2D eigenvalue weighted by Gasteiger charge is -2.08. The van der Waals surface area contributed by atoms with Gasteiger partial charge in [0.15, 0.2) is 0 Å². The minimum Gasteiger partial charge on any atom is -0.387 e. The number of rotatable bonds is 0. The third kappa shape index (κ3) is 1.51. The van der Waals surface area contributed by atoms with Gasteiger partial charge < -0.3 is 5.32 Å². The van der Waals surface area contributed by atoms with Crippen molar-refractivity contribution in [1.29, 1.82) is 0 Å². The predicted molar refractivity (Wildman–Crippen MR) is 89.5 cm³/mol. The summed E-state index contributed by atoms with van der Waals surface area (Å²) < 4.78 is 0. The van der Waals surface area contributed by atoms with E-state index in [9.17, 15) is 0 Å². The van der Waals surface area contributed by atoms with Crippen molar-refractivity contribution < 1.29 is 0 Å². The van der Waals surface area contributed by atoms with Gasteiger partial charge in [-0.25, -0.2) is 9.97 Å². The van der Waals surface area contributed by atoms with Crippen molar-refractivity contribution in [2.75, 3.05) is 0 Å². The van der Waals surface area contributed by atoms with Crippen LogP contribution in [0.3, 0.4) is 0 Å². The molecule has 1 N–H and O–H groups in total. The Balaban J connectivity index is 2.10. The molecule has 0 fully saturated rings. The molecule has 3 aliphatic rings. The fraction of sp³-hybridized carbons (Fsp3) is 0.0526. The van der Waals surface area contributed by atoms with Gasteiger partial charge >= 0.3 is 0 Å². The molecule has 2 aromatic carbocycles. The quantitative estimate of drug-likeness (QED) is 0.531. The Morgan fingerprint density at radius 2 is 1.55 bits per heavy atom. The van der Waals surface area contributed by atoms with E-state index in [0.717, 1.165) is 34.4 Å². The predicted octanol–water partition coefficient (Wildman–Crippen LogP) is 3.96. The maximum Gasteiger partial charge on any atom is 0.0814 e. The third-order valence-corrected chi connectivity index (χ3v) is 4.29. The topological polar surface area (TPSA) is 37.8 Å². The summed E-state index contributed by atoms with van der Waals surface area (Å²) >= 11 is 0. The van der Waals surface area contributed by atoms with Crippen LogP contribution in [0.1, 0.15) is 11.3 Å². The van der Waals surface area contributed by atoms with Crippen LogP contribution in [0.25, 0.3) is 39.1 Å². The smallest absolute Gasteiger partial charge is 0.0814 e. The summed E-state index contributed by atoms with van der Waals surface area (Å²) in [5.41, 5.74) is 6.59. The zero-order valence-electron chi connectivity index (χ0n) is 11.9. The van der Waals surface area contributed by atoms with Gasteiger partial charge in [-0.05, 0) is 24.4 Å². The lowest BCUT2D eigenvalue weighted by atomic mass is 10.00. The van der Waals surface area contributed by atoms with Crippen LogP contribution in [0.15, 0.2) is 54.7 Å². The second kappa shape index (κ2) is 4.28. The summed E-state index contributed by atoms with van der Waals surface area (Å²) in [6.07, 6.45) is 4.02. The van der Waals surface area contributed by atoms with E-state index in [0.29, 0.717) is 0 Å². The van der Waals surface area contributed by atoms with Crippen LogP contribution in [-0.2, 0) is 6.54 Å². The zero-order valence-corrected chi connectivity index (χ0v) is 11.9. The SMILES string of the molecule is C1=Cc2nc3c4ccccc4nc4ccccc4c-3c2CN1. The first-order valence-corrected chi connectivity index (χ1v) is 7.42. The van der Waals surface area contributed by atoms with Gasteiger partial charge in [0.25, 0.3) is 0 Å². The summed E-state index contributed by atoms with van der Waals surface area (Å²) in [6, 6.07) is 16.6. The van der Waals surface area contributed by atoms with Gasteiger partial charge in [0.05, 0.1) is 22.4 Å². The van der Waals surface area contributed by atoms with Crippen molar-refractivity contribution in [3.63, 3.8) is 0 Å². The Morgan fingerprint density at radius 3 is 2.41 bits per heavy atom. The standard InChI is InChI=1S/C19H13N3/c1-3-7-15-12(5-1)18-14-11-20-10-9-17(14)22-19(18)13-6-2-4-8-16(13)21-15/h1-10,20H,11H2. The Hall–Kier alpha value is -2.94. The molecule has 3 aliphatic heterocycles. The Kier molecular flexibility index (Phi) is 2.27. The molecule has 22 heavy (non-hydrogen) atoms. The molecule has 0 atom stereocenters. The number of fused-ring (bicyclic) bond motifs is 7. The van der Waals surface area contributed by atoms with Crippen molar-refractivity contribution in [2.24, 2.45) is 0 Å². The highest BCUT2D eigenvalue weighted by Crippen LogP contribution is 2.39. The first-order valence-electron chi connectivity index (χ1n) is 7.42. The maximum atomic E-state index is 4.90. The molecule has 0 aliphatic carbocycles. The summed E-state index contributed by atoms with van der Waals surface area (Å²) in [6.45, 7) is 0.810. The minimum absolute atomic E-state index is 0.810. The van der Waals surface area contributed by atoms with Gasteiger partial charge in [-0.2, -0.15) is 0 Å². The van der Waals surface area contributed by atoms with Gasteiger partial charge in [0.1, 0.15) is 0 Å². The van der Waals surface area contributed by atoms with E-state index in [4.69, 9.17) is 9.97 Å². The second-order valence-electron chi connectivity index (χ2n) is 5.56. The van der Waals surface area contributed by atoms with Gasteiger partial charge in [-0.15, -0.1) is 0 Å². The Bertz CT molecular complexity index is 1030. The summed E-state index contributed by atoms with van der Waals surface area (Å²) in [4.78, 5) is 9.76. The normalized spacial score (nSPS) is 13.5. The second-order valence-corrected chi connectivity index (χ2v) is 5.56. The average molecular weight is 283 g/mol. The molecule has 2 aromatic rings. The van der Waals surface area contributed by atoms with E-state index in [1.165, 1.54) is 16.5 Å². The molecule has 0 spiro atoms. The van der Waals surface area contributed by atoms with E-state index in [2.05, 4.69) is 47.8 Å². The molecule has 0 unspecified atom stereocenters. The molecule has 0 aromatic heterocycles. The number of nitrogens with one attached hydrogen (secondary N) is 1. The minimum atomic E-state index is 0.810. The molecule has 3 heteroatoms. The fourth-order valence-electron chi connectivity index (χ4n) is 3.30. The Labute approximate surface area is 127 Å². The highest BCUT2D eigenvalue weighted by molar-refractivity contribution is 6.06.